The highest BCUT2D eigenvalue weighted by Gasteiger charge is 2.24. The van der Waals surface area contributed by atoms with E-state index in [1.165, 1.54) is 6.26 Å². The summed E-state index contributed by atoms with van der Waals surface area (Å²) in [7, 11) is -3.21. The molecule has 0 radical (unpaired) electrons. The predicted molar refractivity (Wildman–Crippen MR) is 128 cm³/mol. The molecule has 1 saturated heterocycles. The van der Waals surface area contributed by atoms with E-state index in [1.54, 1.807) is 12.1 Å². The van der Waals surface area contributed by atoms with Gasteiger partial charge in [0.15, 0.2) is 9.84 Å². The maximum atomic E-state index is 11.7. The summed E-state index contributed by atoms with van der Waals surface area (Å²) in [5, 5.41) is 8.87. The highest BCUT2D eigenvalue weighted by Crippen LogP contribution is 2.29. The molecule has 0 amide bonds. The van der Waals surface area contributed by atoms with Crippen LogP contribution in [0.25, 0.3) is 22.2 Å². The average Bonchev–Trinajstić information content (AvgIpc) is 3.27. The van der Waals surface area contributed by atoms with Crippen LogP contribution in [0.15, 0.2) is 59.8 Å². The second-order valence-electron chi connectivity index (χ2n) is 8.50. The summed E-state index contributed by atoms with van der Waals surface area (Å²) in [5.74, 6) is 0.792. The third-order valence-electron chi connectivity index (χ3n) is 6.28. The van der Waals surface area contributed by atoms with E-state index in [2.05, 4.69) is 32.1 Å². The van der Waals surface area contributed by atoms with E-state index in [4.69, 9.17) is 0 Å². The molecule has 0 atom stereocenters. The quantitative estimate of drug-likeness (QED) is 0.446. The number of hydrogen-bond donors (Lipinski definition) is 0. The first-order valence-corrected chi connectivity index (χ1v) is 13.0. The zero-order valence-electron chi connectivity index (χ0n) is 18.7. The molecule has 0 unspecified atom stereocenters. The first kappa shape index (κ1) is 21.5. The van der Waals surface area contributed by atoms with Crippen LogP contribution < -0.4 is 4.90 Å². The van der Waals surface area contributed by atoms with Crippen molar-refractivity contribution in [2.75, 3.05) is 24.2 Å². The molecule has 0 saturated carbocycles. The summed E-state index contributed by atoms with van der Waals surface area (Å²) in [4.78, 5) is 11.6. The number of rotatable bonds is 5. The van der Waals surface area contributed by atoms with Crippen molar-refractivity contribution in [2.24, 2.45) is 0 Å². The monoisotopic (exact) mass is 462 g/mol. The number of anilines is 1. The fourth-order valence-electron chi connectivity index (χ4n) is 4.29. The van der Waals surface area contributed by atoms with E-state index in [9.17, 15) is 8.42 Å². The Kier molecular flexibility index (Phi) is 5.57. The molecule has 8 nitrogen and oxygen atoms in total. The number of aryl methyl sites for hydroxylation is 1. The number of aromatic nitrogens is 5. The summed E-state index contributed by atoms with van der Waals surface area (Å²) in [6, 6.07) is 13.3. The molecule has 2 aromatic heterocycles. The number of nitrogens with zero attached hydrogens (tertiary/aromatic N) is 6. The lowest BCUT2D eigenvalue weighted by Gasteiger charge is -2.32. The Morgan fingerprint density at radius 2 is 1.64 bits per heavy atom. The second-order valence-corrected chi connectivity index (χ2v) is 10.5. The second kappa shape index (κ2) is 8.55. The van der Waals surface area contributed by atoms with E-state index in [1.807, 2.05) is 47.4 Å². The van der Waals surface area contributed by atoms with Gasteiger partial charge in [0.05, 0.1) is 16.5 Å². The van der Waals surface area contributed by atoms with Crippen LogP contribution in [0.4, 0.5) is 5.95 Å². The zero-order valence-corrected chi connectivity index (χ0v) is 19.5. The van der Waals surface area contributed by atoms with Crippen LogP contribution in [0.3, 0.4) is 0 Å². The molecule has 0 spiro atoms. The van der Waals surface area contributed by atoms with Crippen molar-refractivity contribution in [1.29, 1.82) is 0 Å². The van der Waals surface area contributed by atoms with Crippen LogP contribution in [0.5, 0.6) is 0 Å². The third kappa shape index (κ3) is 4.32. The smallest absolute Gasteiger partial charge is 0.225 e. The molecule has 33 heavy (non-hydrogen) atoms. The third-order valence-corrected chi connectivity index (χ3v) is 7.41. The highest BCUT2D eigenvalue weighted by atomic mass is 32.2. The van der Waals surface area contributed by atoms with Gasteiger partial charge in [-0.3, -0.25) is 0 Å². The SMILES string of the molecule is CCc1cnc(N2CCC(n3nnc4cc(-c5ccc(S(C)(=O)=O)cc5)ccc43)CC2)nc1. The minimum Gasteiger partial charge on any atom is -0.341 e. The molecule has 9 heteroatoms. The van der Waals surface area contributed by atoms with Crippen molar-refractivity contribution in [1.82, 2.24) is 25.0 Å². The van der Waals surface area contributed by atoms with Gasteiger partial charge in [0.2, 0.25) is 5.95 Å². The molecule has 1 fully saturated rings. The molecule has 3 heterocycles. The Balaban J connectivity index is 1.32. The Labute approximate surface area is 193 Å². The minimum absolute atomic E-state index is 0.279. The maximum Gasteiger partial charge on any atom is 0.225 e. The molecule has 0 aliphatic carbocycles. The molecule has 1 aliphatic heterocycles. The van der Waals surface area contributed by atoms with Crippen molar-refractivity contribution in [3.8, 4) is 11.1 Å². The van der Waals surface area contributed by atoms with Crippen LogP contribution in [-0.2, 0) is 16.3 Å². The number of benzene rings is 2. The maximum absolute atomic E-state index is 11.7. The Hall–Kier alpha value is -3.33. The van der Waals surface area contributed by atoms with Gasteiger partial charge < -0.3 is 4.90 Å². The minimum atomic E-state index is -3.21. The average molecular weight is 463 g/mol. The standard InChI is InChI=1S/C24H26N6O2S/c1-3-17-15-25-24(26-16-17)29-12-10-20(11-13-29)30-23-9-6-19(14-22(23)27-28-30)18-4-7-21(8-5-18)33(2,31)32/h4-9,14-16,20H,3,10-13H2,1-2H3. The predicted octanol–water partition coefficient (Wildman–Crippen LogP) is 3.70. The topological polar surface area (TPSA) is 93.9 Å². The molecule has 170 valence electrons. The molecule has 5 rings (SSSR count). The fraction of sp³-hybridized carbons (Fsp3) is 0.333. The Bertz CT molecular complexity index is 1370. The molecule has 2 aromatic carbocycles. The van der Waals surface area contributed by atoms with Crippen molar-refractivity contribution in [3.63, 3.8) is 0 Å². The van der Waals surface area contributed by atoms with Crippen molar-refractivity contribution < 1.29 is 8.42 Å². The van der Waals surface area contributed by atoms with Gasteiger partial charge >= 0.3 is 0 Å². The number of piperidine rings is 1. The molecule has 1 aliphatic rings. The zero-order chi connectivity index (χ0) is 23.0. The van der Waals surface area contributed by atoms with Crippen molar-refractivity contribution in [3.05, 3.63) is 60.4 Å². The first-order valence-electron chi connectivity index (χ1n) is 11.1. The van der Waals surface area contributed by atoms with Gasteiger partial charge in [0.1, 0.15) is 5.52 Å². The Morgan fingerprint density at radius 3 is 2.27 bits per heavy atom. The van der Waals surface area contributed by atoms with E-state index in [0.717, 1.165) is 66.0 Å². The van der Waals surface area contributed by atoms with E-state index in [0.29, 0.717) is 4.90 Å². The summed E-state index contributed by atoms with van der Waals surface area (Å²) < 4.78 is 25.4. The van der Waals surface area contributed by atoms with Gasteiger partial charge in [0, 0.05) is 31.7 Å². The van der Waals surface area contributed by atoms with Gasteiger partial charge in [-0.1, -0.05) is 30.3 Å². The van der Waals surface area contributed by atoms with Crippen LogP contribution in [0.1, 0.15) is 31.4 Å². The van der Waals surface area contributed by atoms with Crippen molar-refractivity contribution in [2.45, 2.75) is 37.1 Å². The number of sulfone groups is 1. The van der Waals surface area contributed by atoms with Crippen LogP contribution in [0, 0.1) is 0 Å². The van der Waals surface area contributed by atoms with Gasteiger partial charge in [-0.05, 0) is 60.2 Å². The molecular formula is C24H26N6O2S. The van der Waals surface area contributed by atoms with E-state index >= 15 is 0 Å². The first-order chi connectivity index (χ1) is 15.9. The fourth-order valence-corrected chi connectivity index (χ4v) is 4.92. The molecule has 4 aromatic rings. The van der Waals surface area contributed by atoms with Crippen LogP contribution >= 0.6 is 0 Å². The normalized spacial score (nSPS) is 15.3. The van der Waals surface area contributed by atoms with Gasteiger partial charge in [-0.25, -0.2) is 23.1 Å². The van der Waals surface area contributed by atoms with Gasteiger partial charge in [0.25, 0.3) is 0 Å². The lowest BCUT2D eigenvalue weighted by molar-refractivity contribution is 0.367. The van der Waals surface area contributed by atoms with Gasteiger partial charge in [-0.2, -0.15) is 0 Å². The van der Waals surface area contributed by atoms with E-state index in [-0.39, 0.29) is 6.04 Å². The Morgan fingerprint density at radius 1 is 0.970 bits per heavy atom. The number of hydrogen-bond acceptors (Lipinski definition) is 7. The molecule has 0 N–H and O–H groups in total. The largest absolute Gasteiger partial charge is 0.341 e. The lowest BCUT2D eigenvalue weighted by atomic mass is 10.0. The van der Waals surface area contributed by atoms with Crippen LogP contribution in [0.2, 0.25) is 0 Å². The van der Waals surface area contributed by atoms with E-state index < -0.39 is 9.84 Å². The summed E-state index contributed by atoms with van der Waals surface area (Å²) in [6.07, 6.45) is 7.87. The molecular weight excluding hydrogens is 436 g/mol. The number of fused-ring (bicyclic) bond motifs is 1. The summed E-state index contributed by atoms with van der Waals surface area (Å²) in [5.41, 5.74) is 4.92. The molecule has 0 bridgehead atoms. The lowest BCUT2D eigenvalue weighted by Crippen LogP contribution is -2.36. The van der Waals surface area contributed by atoms with Crippen molar-refractivity contribution >= 4 is 26.8 Å². The highest BCUT2D eigenvalue weighted by molar-refractivity contribution is 7.90. The summed E-state index contributed by atoms with van der Waals surface area (Å²) >= 11 is 0. The summed E-state index contributed by atoms with van der Waals surface area (Å²) in [6.45, 7) is 3.86. The van der Waals surface area contributed by atoms with Crippen LogP contribution in [-0.4, -0.2) is 52.7 Å². The van der Waals surface area contributed by atoms with Gasteiger partial charge in [-0.15, -0.1) is 5.10 Å².